The molecule has 5 nitrogen and oxygen atoms in total. The van der Waals surface area contributed by atoms with E-state index in [1.54, 1.807) is 19.1 Å². The van der Waals surface area contributed by atoms with Crippen LogP contribution in [0.4, 0.5) is 10.1 Å². The number of carboxylic acid groups (broad SMARTS) is 1. The number of benzene rings is 2. The van der Waals surface area contributed by atoms with Crippen molar-refractivity contribution in [3.63, 3.8) is 0 Å². The standard InChI is InChI=1S/C15H14FNO4S/c1-11-6-8-12(9-7-11)22(20,21)17(10-15(18)19)14-5-3-2-4-13(14)16/h2-9H,10H2,1H3,(H,18,19)/p-1. The fraction of sp³-hybridized carbons (Fsp3) is 0.133. The molecule has 0 saturated heterocycles. The Labute approximate surface area is 127 Å². The molecule has 0 N–H and O–H groups in total. The molecule has 7 heteroatoms. The second-order valence-corrected chi connectivity index (χ2v) is 6.51. The van der Waals surface area contributed by atoms with Gasteiger partial charge in [0.15, 0.2) is 0 Å². The molecule has 116 valence electrons. The van der Waals surface area contributed by atoms with E-state index in [0.29, 0.717) is 4.31 Å². The van der Waals surface area contributed by atoms with Crippen molar-refractivity contribution in [3.05, 3.63) is 59.9 Å². The maximum atomic E-state index is 13.9. The molecule has 0 bridgehead atoms. The van der Waals surface area contributed by atoms with Crippen LogP contribution < -0.4 is 9.41 Å². The van der Waals surface area contributed by atoms with Crippen LogP contribution in [-0.2, 0) is 14.8 Å². The Hall–Kier alpha value is -2.41. The molecule has 0 amide bonds. The molecule has 0 aliphatic rings. The molecule has 0 radical (unpaired) electrons. The number of halogens is 1. The van der Waals surface area contributed by atoms with Gasteiger partial charge >= 0.3 is 0 Å². The summed E-state index contributed by atoms with van der Waals surface area (Å²) in [6.45, 7) is 0.809. The van der Waals surface area contributed by atoms with E-state index in [1.807, 2.05) is 0 Å². The molecule has 0 aliphatic carbocycles. The van der Waals surface area contributed by atoms with E-state index in [-0.39, 0.29) is 10.6 Å². The van der Waals surface area contributed by atoms with Crippen molar-refractivity contribution in [3.8, 4) is 0 Å². The number of sulfonamides is 1. The smallest absolute Gasteiger partial charge is 0.264 e. The van der Waals surface area contributed by atoms with E-state index >= 15 is 0 Å². The zero-order valence-corrected chi connectivity index (χ0v) is 12.5. The van der Waals surface area contributed by atoms with Crippen LogP contribution in [0.2, 0.25) is 0 Å². The fourth-order valence-electron chi connectivity index (χ4n) is 1.91. The molecule has 0 fully saturated rings. The second kappa shape index (κ2) is 6.15. The first kappa shape index (κ1) is 16.0. The molecule has 22 heavy (non-hydrogen) atoms. The van der Waals surface area contributed by atoms with Crippen LogP contribution in [0.15, 0.2) is 53.4 Å². The van der Waals surface area contributed by atoms with Gasteiger partial charge in [-0.15, -0.1) is 0 Å². The minimum Gasteiger partial charge on any atom is -0.548 e. The Balaban J connectivity index is 2.56. The van der Waals surface area contributed by atoms with Crippen molar-refractivity contribution >= 4 is 21.7 Å². The van der Waals surface area contributed by atoms with E-state index in [4.69, 9.17) is 0 Å². The van der Waals surface area contributed by atoms with Gasteiger partial charge in [-0.1, -0.05) is 29.8 Å². The van der Waals surface area contributed by atoms with Gasteiger partial charge in [0.05, 0.1) is 23.1 Å². The van der Waals surface area contributed by atoms with Crippen molar-refractivity contribution in [2.45, 2.75) is 11.8 Å². The van der Waals surface area contributed by atoms with Crippen LogP contribution in [0.1, 0.15) is 5.56 Å². The summed E-state index contributed by atoms with van der Waals surface area (Å²) >= 11 is 0. The SMILES string of the molecule is Cc1ccc(S(=O)(=O)N(CC(=O)[O-])c2ccccc2F)cc1. The van der Waals surface area contributed by atoms with Crippen LogP contribution in [0.3, 0.4) is 0 Å². The first-order chi connectivity index (χ1) is 10.3. The predicted octanol–water partition coefficient (Wildman–Crippen LogP) is 1.08. The van der Waals surface area contributed by atoms with Crippen molar-refractivity contribution in [1.82, 2.24) is 0 Å². The van der Waals surface area contributed by atoms with Crippen LogP contribution >= 0.6 is 0 Å². The number of nitrogens with zero attached hydrogens (tertiary/aromatic N) is 1. The summed E-state index contributed by atoms with van der Waals surface area (Å²) in [5.41, 5.74) is 0.503. The van der Waals surface area contributed by atoms with E-state index in [9.17, 15) is 22.7 Å². The lowest BCUT2D eigenvalue weighted by molar-refractivity contribution is -0.303. The van der Waals surface area contributed by atoms with Gasteiger partial charge < -0.3 is 9.90 Å². The van der Waals surface area contributed by atoms with Gasteiger partial charge in [0, 0.05) is 0 Å². The molecule has 0 aliphatic heterocycles. The Kier molecular flexibility index (Phi) is 4.46. The zero-order chi connectivity index (χ0) is 16.3. The Morgan fingerprint density at radius 2 is 1.73 bits per heavy atom. The van der Waals surface area contributed by atoms with Gasteiger partial charge in [0.1, 0.15) is 5.82 Å². The summed E-state index contributed by atoms with van der Waals surface area (Å²) in [5, 5.41) is 10.9. The van der Waals surface area contributed by atoms with Crippen LogP contribution in [0, 0.1) is 12.7 Å². The van der Waals surface area contributed by atoms with Crippen LogP contribution in [-0.4, -0.2) is 20.9 Å². The third-order valence-electron chi connectivity index (χ3n) is 3.00. The first-order valence-electron chi connectivity index (χ1n) is 6.36. The topological polar surface area (TPSA) is 77.5 Å². The normalized spacial score (nSPS) is 11.2. The Morgan fingerprint density at radius 3 is 2.27 bits per heavy atom. The molecule has 0 saturated carbocycles. The fourth-order valence-corrected chi connectivity index (χ4v) is 3.33. The number of carbonyl (C=O) groups excluding carboxylic acids is 1. The van der Waals surface area contributed by atoms with Gasteiger partial charge in [-0.05, 0) is 31.2 Å². The van der Waals surface area contributed by atoms with Crippen molar-refractivity contribution in [1.29, 1.82) is 0 Å². The molecule has 2 aromatic carbocycles. The second-order valence-electron chi connectivity index (χ2n) is 4.65. The molecule has 0 heterocycles. The quantitative estimate of drug-likeness (QED) is 0.825. The van der Waals surface area contributed by atoms with E-state index in [1.165, 1.54) is 30.3 Å². The third-order valence-corrected chi connectivity index (χ3v) is 4.78. The summed E-state index contributed by atoms with van der Waals surface area (Å²) in [6.07, 6.45) is 0. The summed E-state index contributed by atoms with van der Waals surface area (Å²) in [7, 11) is -4.22. The van der Waals surface area contributed by atoms with Crippen molar-refractivity contribution in [2.75, 3.05) is 10.8 Å². The maximum absolute atomic E-state index is 13.9. The molecule has 0 aromatic heterocycles. The van der Waals surface area contributed by atoms with E-state index in [0.717, 1.165) is 11.6 Å². The van der Waals surface area contributed by atoms with Crippen molar-refractivity contribution < 1.29 is 22.7 Å². The van der Waals surface area contributed by atoms with Crippen LogP contribution in [0.25, 0.3) is 0 Å². The predicted molar refractivity (Wildman–Crippen MR) is 77.1 cm³/mol. The number of aryl methyl sites for hydroxylation is 1. The highest BCUT2D eigenvalue weighted by Gasteiger charge is 2.27. The number of para-hydroxylation sites is 1. The molecular formula is C15H13FNO4S-. The van der Waals surface area contributed by atoms with Gasteiger partial charge in [-0.25, -0.2) is 12.8 Å². The van der Waals surface area contributed by atoms with E-state index in [2.05, 4.69) is 0 Å². The number of carbonyl (C=O) groups is 1. The lowest BCUT2D eigenvalue weighted by Gasteiger charge is -2.25. The van der Waals surface area contributed by atoms with Crippen LogP contribution in [0.5, 0.6) is 0 Å². The summed E-state index contributed by atoms with van der Waals surface area (Å²) < 4.78 is 39.6. The molecule has 0 unspecified atom stereocenters. The summed E-state index contributed by atoms with van der Waals surface area (Å²) in [4.78, 5) is 10.8. The maximum Gasteiger partial charge on any atom is 0.264 e. The molecule has 0 atom stereocenters. The van der Waals surface area contributed by atoms with Gasteiger partial charge in [-0.2, -0.15) is 0 Å². The lowest BCUT2D eigenvalue weighted by atomic mass is 10.2. The summed E-state index contributed by atoms with van der Waals surface area (Å²) in [6, 6.07) is 10.9. The molecular weight excluding hydrogens is 309 g/mol. The highest BCUT2D eigenvalue weighted by molar-refractivity contribution is 7.92. The minimum atomic E-state index is -4.22. The average Bonchev–Trinajstić information content (AvgIpc) is 2.46. The Morgan fingerprint density at radius 1 is 1.14 bits per heavy atom. The lowest BCUT2D eigenvalue weighted by Crippen LogP contribution is -2.42. The first-order valence-corrected chi connectivity index (χ1v) is 7.80. The zero-order valence-electron chi connectivity index (χ0n) is 11.7. The third kappa shape index (κ3) is 3.25. The minimum absolute atomic E-state index is 0.123. The van der Waals surface area contributed by atoms with Gasteiger partial charge in [0.2, 0.25) is 0 Å². The number of rotatable bonds is 5. The van der Waals surface area contributed by atoms with Crippen molar-refractivity contribution in [2.24, 2.45) is 0 Å². The number of carboxylic acids is 1. The highest BCUT2D eigenvalue weighted by atomic mass is 32.2. The van der Waals surface area contributed by atoms with E-state index < -0.39 is 28.4 Å². The largest absolute Gasteiger partial charge is 0.548 e. The monoisotopic (exact) mass is 322 g/mol. The molecule has 2 aromatic rings. The number of hydrogen-bond acceptors (Lipinski definition) is 4. The number of hydrogen-bond donors (Lipinski definition) is 0. The number of anilines is 1. The van der Waals surface area contributed by atoms with Gasteiger partial charge in [-0.3, -0.25) is 4.31 Å². The molecule has 0 spiro atoms. The average molecular weight is 322 g/mol. The summed E-state index contributed by atoms with van der Waals surface area (Å²) in [5.74, 6) is -2.46. The Bertz CT molecular complexity index is 787. The highest BCUT2D eigenvalue weighted by Crippen LogP contribution is 2.26. The molecule has 2 rings (SSSR count). The number of aliphatic carboxylic acids is 1. The van der Waals surface area contributed by atoms with Gasteiger partial charge in [0.25, 0.3) is 10.0 Å².